The molecule has 0 spiro atoms. The number of nitrogens with zero attached hydrogens (tertiary/aromatic N) is 1. The highest BCUT2D eigenvalue weighted by atomic mass is 15.0. The molecule has 0 aromatic heterocycles. The third-order valence-corrected chi connectivity index (χ3v) is 4.43. The molecule has 0 radical (unpaired) electrons. The van der Waals surface area contributed by atoms with Gasteiger partial charge in [0.15, 0.2) is 0 Å². The zero-order valence-electron chi connectivity index (χ0n) is 16.4. The molecule has 0 unspecified atom stereocenters. The first-order valence-electron chi connectivity index (χ1n) is 9.76. The summed E-state index contributed by atoms with van der Waals surface area (Å²) in [4.78, 5) is 1.94. The highest BCUT2D eigenvalue weighted by Crippen LogP contribution is 2.13. The number of rotatable bonds is 0. The Kier molecular flexibility index (Phi) is 6.18. The Labute approximate surface area is 178 Å². The summed E-state index contributed by atoms with van der Waals surface area (Å²) in [7, 11) is 0. The maximum absolute atomic E-state index is 3.33. The Morgan fingerprint density at radius 2 is 1.10 bits per heavy atom. The molecule has 4 rings (SSSR count). The van der Waals surface area contributed by atoms with Gasteiger partial charge in [-0.25, -0.2) is 0 Å². The fourth-order valence-corrected chi connectivity index (χ4v) is 2.90. The fourth-order valence-electron chi connectivity index (χ4n) is 2.90. The van der Waals surface area contributed by atoms with E-state index < -0.39 is 0 Å². The van der Waals surface area contributed by atoms with Gasteiger partial charge in [0.2, 0.25) is 0 Å². The molecular formula is C28H18BN. The van der Waals surface area contributed by atoms with E-state index in [0.717, 1.165) is 22.4 Å². The van der Waals surface area contributed by atoms with Crippen LogP contribution < -0.4 is 0 Å². The molecule has 30 heavy (non-hydrogen) atoms. The van der Waals surface area contributed by atoms with Crippen LogP contribution in [0.3, 0.4) is 0 Å². The molecule has 0 aliphatic carbocycles. The number of allylic oxidation sites excluding steroid dienone is 3. The molecule has 1 nitrogen and oxygen atoms in total. The van der Waals surface area contributed by atoms with E-state index in [-0.39, 0.29) is 6.85 Å². The lowest BCUT2D eigenvalue weighted by atomic mass is 9.59. The van der Waals surface area contributed by atoms with Crippen LogP contribution in [-0.4, -0.2) is 11.7 Å². The van der Waals surface area contributed by atoms with Crippen molar-refractivity contribution in [1.29, 1.82) is 0 Å². The van der Waals surface area contributed by atoms with Crippen LogP contribution in [0.25, 0.3) is 0 Å². The minimum absolute atomic E-state index is 0.175. The minimum atomic E-state index is -0.175. The molecule has 3 aromatic rings. The molecule has 1 aliphatic rings. The summed E-state index contributed by atoms with van der Waals surface area (Å²) >= 11 is 0. The van der Waals surface area contributed by atoms with Gasteiger partial charge >= 0.3 is 6.85 Å². The third kappa shape index (κ3) is 5.14. The largest absolute Gasteiger partial charge is 0.382 e. The van der Waals surface area contributed by atoms with Gasteiger partial charge < -0.3 is 4.81 Å². The van der Waals surface area contributed by atoms with Gasteiger partial charge in [0.25, 0.3) is 0 Å². The molecule has 0 amide bonds. The van der Waals surface area contributed by atoms with Gasteiger partial charge in [-0.15, -0.1) is 5.82 Å². The number of hydrogen-bond donors (Lipinski definition) is 0. The van der Waals surface area contributed by atoms with Gasteiger partial charge in [-0.1, -0.05) is 78.5 Å². The Hall–Kier alpha value is -4.32. The highest BCUT2D eigenvalue weighted by Gasteiger charge is 2.22. The second kappa shape index (κ2) is 9.75. The van der Waals surface area contributed by atoms with Crippen LogP contribution in [-0.2, 0) is 0 Å². The van der Waals surface area contributed by atoms with Crippen molar-refractivity contribution in [1.82, 2.24) is 4.81 Å². The van der Waals surface area contributed by atoms with Crippen LogP contribution in [0.2, 0.25) is 0 Å². The molecule has 138 valence electrons. The lowest BCUT2D eigenvalue weighted by Gasteiger charge is -2.22. The first-order chi connectivity index (χ1) is 14.9. The van der Waals surface area contributed by atoms with E-state index in [0.29, 0.717) is 0 Å². The van der Waals surface area contributed by atoms with E-state index in [1.807, 2.05) is 114 Å². The smallest absolute Gasteiger partial charge is 0.321 e. The predicted molar refractivity (Wildman–Crippen MR) is 125 cm³/mol. The van der Waals surface area contributed by atoms with Crippen LogP contribution in [0.4, 0.5) is 0 Å². The van der Waals surface area contributed by atoms with Crippen LogP contribution >= 0.6 is 0 Å². The Morgan fingerprint density at radius 3 is 1.70 bits per heavy atom. The molecule has 0 atom stereocenters. The van der Waals surface area contributed by atoms with Crippen LogP contribution in [0.5, 0.6) is 0 Å². The van der Waals surface area contributed by atoms with Crippen molar-refractivity contribution in [3.63, 3.8) is 0 Å². The van der Waals surface area contributed by atoms with Crippen LogP contribution in [0, 0.1) is 35.5 Å². The maximum atomic E-state index is 3.33. The Bertz CT molecular complexity index is 1240. The summed E-state index contributed by atoms with van der Waals surface area (Å²) in [6, 6.07) is 33.2. The number of hydrogen-bond acceptors (Lipinski definition) is 1. The van der Waals surface area contributed by atoms with Gasteiger partial charge in [0.1, 0.15) is 0 Å². The Balaban J connectivity index is 1.67. The van der Waals surface area contributed by atoms with Crippen molar-refractivity contribution in [2.75, 3.05) is 0 Å². The summed E-state index contributed by atoms with van der Waals surface area (Å²) in [5.74, 6) is 18.4. The summed E-state index contributed by atoms with van der Waals surface area (Å²) in [6.45, 7) is -0.175. The van der Waals surface area contributed by atoms with Gasteiger partial charge in [-0.05, 0) is 54.3 Å². The van der Waals surface area contributed by atoms with Crippen molar-refractivity contribution < 1.29 is 0 Å². The first kappa shape index (κ1) is 19.0. The van der Waals surface area contributed by atoms with Crippen LogP contribution in [0.15, 0.2) is 115 Å². The van der Waals surface area contributed by atoms with Crippen molar-refractivity contribution in [3.8, 4) is 35.5 Å². The standard InChI is InChI=1S/C28H18BN/c1-4-11-25(12-5-1)18-19-28-17-10-22-29(23-20-26-13-6-2-7-14-26)30(28)24-21-27-15-8-3-9-16-27/h1-17,22H. The van der Waals surface area contributed by atoms with Crippen molar-refractivity contribution in [3.05, 3.63) is 132 Å². The molecule has 1 aliphatic heterocycles. The monoisotopic (exact) mass is 379 g/mol. The van der Waals surface area contributed by atoms with Gasteiger partial charge in [-0.2, -0.15) is 0 Å². The van der Waals surface area contributed by atoms with Crippen molar-refractivity contribution in [2.45, 2.75) is 0 Å². The van der Waals surface area contributed by atoms with E-state index in [2.05, 4.69) is 35.5 Å². The second-order valence-electron chi connectivity index (χ2n) is 6.61. The fraction of sp³-hybridized carbons (Fsp3) is 0. The summed E-state index contributed by atoms with van der Waals surface area (Å²) in [5.41, 5.74) is 3.73. The topological polar surface area (TPSA) is 3.24 Å². The van der Waals surface area contributed by atoms with Crippen LogP contribution in [0.1, 0.15) is 16.7 Å². The first-order valence-corrected chi connectivity index (χ1v) is 9.76. The molecule has 3 aromatic carbocycles. The average Bonchev–Trinajstić information content (AvgIpc) is 2.82. The van der Waals surface area contributed by atoms with E-state index >= 15 is 0 Å². The zero-order chi connectivity index (χ0) is 20.4. The number of benzene rings is 3. The molecule has 0 N–H and O–H groups in total. The summed E-state index contributed by atoms with van der Waals surface area (Å²) in [5, 5.41) is 0. The second-order valence-corrected chi connectivity index (χ2v) is 6.61. The van der Waals surface area contributed by atoms with Crippen molar-refractivity contribution >= 4 is 6.85 Å². The SMILES string of the molecule is C(#Cc1ccccc1)B1C=CC=C(C#Cc2ccccc2)N1C#Cc1ccccc1. The molecule has 0 saturated carbocycles. The molecule has 1 heterocycles. The zero-order valence-corrected chi connectivity index (χ0v) is 16.4. The highest BCUT2D eigenvalue weighted by molar-refractivity contribution is 6.71. The van der Waals surface area contributed by atoms with Gasteiger partial charge in [0, 0.05) is 22.7 Å². The summed E-state index contributed by atoms with van der Waals surface area (Å²) < 4.78 is 0. The van der Waals surface area contributed by atoms with Gasteiger partial charge in [0.05, 0.1) is 5.70 Å². The van der Waals surface area contributed by atoms with E-state index in [1.165, 1.54) is 0 Å². The Morgan fingerprint density at radius 1 is 0.567 bits per heavy atom. The third-order valence-electron chi connectivity index (χ3n) is 4.43. The lowest BCUT2D eigenvalue weighted by Crippen LogP contribution is -2.34. The normalized spacial score (nSPS) is 11.8. The van der Waals surface area contributed by atoms with Gasteiger partial charge in [-0.3, -0.25) is 0 Å². The average molecular weight is 379 g/mol. The maximum Gasteiger partial charge on any atom is 0.382 e. The van der Waals surface area contributed by atoms with Crippen molar-refractivity contribution in [2.24, 2.45) is 0 Å². The quantitative estimate of drug-likeness (QED) is 0.396. The summed E-state index contributed by atoms with van der Waals surface area (Å²) in [6.07, 6.45) is 3.98. The minimum Gasteiger partial charge on any atom is -0.321 e. The molecule has 0 fully saturated rings. The van der Waals surface area contributed by atoms with E-state index in [4.69, 9.17) is 0 Å². The molecule has 2 heteroatoms. The lowest BCUT2D eigenvalue weighted by molar-refractivity contribution is 0.797. The van der Waals surface area contributed by atoms with E-state index in [9.17, 15) is 0 Å². The molecule has 0 bridgehead atoms. The predicted octanol–water partition coefficient (Wildman–Crippen LogP) is 4.92. The molecular weight excluding hydrogens is 361 g/mol. The van der Waals surface area contributed by atoms with E-state index in [1.54, 1.807) is 0 Å². The molecule has 0 saturated heterocycles.